The topological polar surface area (TPSA) is 75.3 Å². The lowest BCUT2D eigenvalue weighted by atomic mass is 10.1. The minimum Gasteiger partial charge on any atom is -0.350 e. The summed E-state index contributed by atoms with van der Waals surface area (Å²) in [5.41, 5.74) is 0.346. The van der Waals surface area contributed by atoms with Crippen molar-refractivity contribution < 1.29 is 13.2 Å². The van der Waals surface area contributed by atoms with E-state index in [1.807, 2.05) is 6.92 Å². The van der Waals surface area contributed by atoms with E-state index in [0.29, 0.717) is 10.0 Å². The first-order valence-corrected chi connectivity index (χ1v) is 11.2. The maximum absolute atomic E-state index is 12.5. The van der Waals surface area contributed by atoms with Gasteiger partial charge in [0.2, 0.25) is 10.0 Å². The van der Waals surface area contributed by atoms with Crippen molar-refractivity contribution in [3.8, 4) is 0 Å². The van der Waals surface area contributed by atoms with Crippen LogP contribution in [0.25, 0.3) is 0 Å². The SMILES string of the molecule is CCCCCCC(C)NC(=O)c1cc(S(=O)(=O)NC2CC2)ccc1Br. The Hall–Kier alpha value is -0.920. The van der Waals surface area contributed by atoms with Crippen molar-refractivity contribution in [1.82, 2.24) is 10.0 Å². The second kappa shape index (κ2) is 9.14. The lowest BCUT2D eigenvalue weighted by molar-refractivity contribution is 0.0937. The van der Waals surface area contributed by atoms with Gasteiger partial charge in [-0.3, -0.25) is 4.79 Å². The highest BCUT2D eigenvalue weighted by Crippen LogP contribution is 2.25. The highest BCUT2D eigenvalue weighted by atomic mass is 79.9. The zero-order valence-corrected chi connectivity index (χ0v) is 17.2. The van der Waals surface area contributed by atoms with E-state index in [2.05, 4.69) is 32.9 Å². The molecule has 1 atom stereocenters. The summed E-state index contributed by atoms with van der Waals surface area (Å²) in [5.74, 6) is -0.252. The van der Waals surface area contributed by atoms with Crippen LogP contribution in [-0.4, -0.2) is 26.4 Å². The molecule has 1 aromatic rings. The molecule has 1 aliphatic carbocycles. The minimum atomic E-state index is -3.57. The molecule has 5 nitrogen and oxygen atoms in total. The zero-order valence-electron chi connectivity index (χ0n) is 14.8. The predicted molar refractivity (Wildman–Crippen MR) is 103 cm³/mol. The fraction of sp³-hybridized carbons (Fsp3) is 0.611. The first-order valence-electron chi connectivity index (χ1n) is 8.96. The fourth-order valence-corrected chi connectivity index (χ4v) is 4.34. The average Bonchev–Trinajstić information content (AvgIpc) is 3.35. The number of unbranched alkanes of at least 4 members (excludes halogenated alkanes) is 3. The molecule has 7 heteroatoms. The molecular weight excluding hydrogens is 404 g/mol. The van der Waals surface area contributed by atoms with Crippen LogP contribution in [-0.2, 0) is 10.0 Å². The molecule has 0 saturated heterocycles. The maximum Gasteiger partial charge on any atom is 0.252 e. The van der Waals surface area contributed by atoms with Gasteiger partial charge in [0.15, 0.2) is 0 Å². The van der Waals surface area contributed by atoms with Gasteiger partial charge in [-0.05, 0) is 60.3 Å². The normalized spacial score (nSPS) is 15.8. The molecule has 0 aliphatic heterocycles. The monoisotopic (exact) mass is 430 g/mol. The molecule has 2 N–H and O–H groups in total. The Morgan fingerprint density at radius 1 is 1.28 bits per heavy atom. The molecule has 2 rings (SSSR count). The van der Waals surface area contributed by atoms with E-state index in [1.54, 1.807) is 6.07 Å². The molecule has 1 aliphatic rings. The van der Waals surface area contributed by atoms with Crippen LogP contribution < -0.4 is 10.0 Å². The summed E-state index contributed by atoms with van der Waals surface area (Å²) in [6.07, 6.45) is 7.31. The first kappa shape index (κ1) is 20.4. The first-order chi connectivity index (χ1) is 11.8. The smallest absolute Gasteiger partial charge is 0.252 e. The van der Waals surface area contributed by atoms with E-state index in [4.69, 9.17) is 0 Å². The van der Waals surface area contributed by atoms with Gasteiger partial charge in [0.1, 0.15) is 0 Å². The standard InChI is InChI=1S/C18H27BrN2O3S/c1-3-4-5-6-7-13(2)20-18(22)16-12-15(10-11-17(16)19)25(23,24)21-14-8-9-14/h10-14,21H,3-9H2,1-2H3,(H,20,22). The molecule has 1 saturated carbocycles. The van der Waals surface area contributed by atoms with Crippen molar-refractivity contribution in [2.45, 2.75) is 75.8 Å². The van der Waals surface area contributed by atoms with Crippen molar-refractivity contribution in [3.05, 3.63) is 28.2 Å². The summed E-state index contributed by atoms with van der Waals surface area (Å²) in [5, 5.41) is 2.96. The molecule has 1 fully saturated rings. The molecule has 140 valence electrons. The Morgan fingerprint density at radius 2 is 2.00 bits per heavy atom. The highest BCUT2D eigenvalue weighted by molar-refractivity contribution is 9.10. The molecule has 0 bridgehead atoms. The lowest BCUT2D eigenvalue weighted by Crippen LogP contribution is -2.33. The fourth-order valence-electron chi connectivity index (χ4n) is 2.59. The third-order valence-electron chi connectivity index (χ3n) is 4.26. The Balaban J connectivity index is 2.02. The molecule has 1 unspecified atom stereocenters. The summed E-state index contributed by atoms with van der Waals surface area (Å²) < 4.78 is 27.9. The number of carbonyl (C=O) groups excluding carboxylic acids is 1. The Morgan fingerprint density at radius 3 is 2.64 bits per heavy atom. The zero-order chi connectivity index (χ0) is 18.4. The number of halogens is 1. The second-order valence-electron chi connectivity index (χ2n) is 6.76. The third kappa shape index (κ3) is 6.38. The van der Waals surface area contributed by atoms with Crippen molar-refractivity contribution in [2.75, 3.05) is 0 Å². The lowest BCUT2D eigenvalue weighted by Gasteiger charge is -2.15. The molecule has 1 amide bonds. The van der Waals surface area contributed by atoms with E-state index in [1.165, 1.54) is 31.4 Å². The van der Waals surface area contributed by atoms with Gasteiger partial charge in [0.25, 0.3) is 5.91 Å². The van der Waals surface area contributed by atoms with Gasteiger partial charge in [-0.15, -0.1) is 0 Å². The molecule has 0 aromatic heterocycles. The molecule has 25 heavy (non-hydrogen) atoms. The van der Waals surface area contributed by atoms with Crippen molar-refractivity contribution in [3.63, 3.8) is 0 Å². The summed E-state index contributed by atoms with van der Waals surface area (Å²) in [6, 6.07) is 4.66. The van der Waals surface area contributed by atoms with Crippen LogP contribution in [0, 0.1) is 0 Å². The number of sulfonamides is 1. The van der Waals surface area contributed by atoms with Crippen LogP contribution in [0.15, 0.2) is 27.6 Å². The summed E-state index contributed by atoms with van der Waals surface area (Å²) in [6.45, 7) is 4.15. The van der Waals surface area contributed by atoms with Gasteiger partial charge in [-0.1, -0.05) is 32.6 Å². The van der Waals surface area contributed by atoms with Crippen LogP contribution in [0.5, 0.6) is 0 Å². The van der Waals surface area contributed by atoms with Gasteiger partial charge in [0, 0.05) is 16.6 Å². The number of hydrogen-bond acceptors (Lipinski definition) is 3. The quantitative estimate of drug-likeness (QED) is 0.551. The number of carbonyl (C=O) groups is 1. The molecular formula is C18H27BrN2O3S. The maximum atomic E-state index is 12.5. The molecule has 0 spiro atoms. The van der Waals surface area contributed by atoms with Gasteiger partial charge in [-0.25, -0.2) is 13.1 Å². The largest absolute Gasteiger partial charge is 0.350 e. The van der Waals surface area contributed by atoms with Gasteiger partial charge in [-0.2, -0.15) is 0 Å². The number of benzene rings is 1. The van der Waals surface area contributed by atoms with Crippen LogP contribution in [0.4, 0.5) is 0 Å². The second-order valence-corrected chi connectivity index (χ2v) is 9.33. The van der Waals surface area contributed by atoms with E-state index in [-0.39, 0.29) is 22.9 Å². The summed E-state index contributed by atoms with van der Waals surface area (Å²) in [4.78, 5) is 12.7. The van der Waals surface area contributed by atoms with Gasteiger partial charge in [0.05, 0.1) is 10.5 Å². The molecule has 1 aromatic carbocycles. The van der Waals surface area contributed by atoms with Gasteiger partial charge >= 0.3 is 0 Å². The number of nitrogens with one attached hydrogen (secondary N) is 2. The average molecular weight is 431 g/mol. The molecule has 0 heterocycles. The minimum absolute atomic E-state index is 0.0362. The molecule has 0 radical (unpaired) electrons. The van der Waals surface area contributed by atoms with Crippen molar-refractivity contribution in [1.29, 1.82) is 0 Å². The Labute approximate surface area is 159 Å². The van der Waals surface area contributed by atoms with E-state index < -0.39 is 10.0 Å². The van der Waals surface area contributed by atoms with Crippen LogP contribution in [0.3, 0.4) is 0 Å². The van der Waals surface area contributed by atoms with Gasteiger partial charge < -0.3 is 5.32 Å². The van der Waals surface area contributed by atoms with Crippen molar-refractivity contribution in [2.24, 2.45) is 0 Å². The summed E-state index contributed by atoms with van der Waals surface area (Å²) in [7, 11) is -3.57. The third-order valence-corrected chi connectivity index (χ3v) is 6.47. The van der Waals surface area contributed by atoms with Crippen molar-refractivity contribution >= 4 is 31.9 Å². The van der Waals surface area contributed by atoms with E-state index >= 15 is 0 Å². The Kier molecular flexibility index (Phi) is 7.46. The van der Waals surface area contributed by atoms with Crippen LogP contribution >= 0.6 is 15.9 Å². The van der Waals surface area contributed by atoms with E-state index in [0.717, 1.165) is 25.7 Å². The predicted octanol–water partition coefficient (Wildman–Crippen LogP) is 3.98. The summed E-state index contributed by atoms with van der Waals surface area (Å²) >= 11 is 3.35. The number of amides is 1. The highest BCUT2D eigenvalue weighted by Gasteiger charge is 2.28. The number of rotatable bonds is 10. The number of hydrogen-bond donors (Lipinski definition) is 2. The van der Waals surface area contributed by atoms with Crippen LogP contribution in [0.1, 0.15) is 69.2 Å². The van der Waals surface area contributed by atoms with Crippen LogP contribution in [0.2, 0.25) is 0 Å². The Bertz CT molecular complexity index is 702. The van der Waals surface area contributed by atoms with E-state index in [9.17, 15) is 13.2 Å².